The van der Waals surface area contributed by atoms with Gasteiger partial charge in [-0.2, -0.15) is 0 Å². The van der Waals surface area contributed by atoms with Crippen molar-refractivity contribution in [3.63, 3.8) is 0 Å². The van der Waals surface area contributed by atoms with Crippen molar-refractivity contribution < 1.29 is 14.4 Å². The molecule has 2 N–H and O–H groups in total. The Hall–Kier alpha value is -1.59. The quantitative estimate of drug-likeness (QED) is 0.595. The molecule has 0 aliphatic rings. The Morgan fingerprint density at radius 2 is 1.56 bits per heavy atom. The summed E-state index contributed by atoms with van der Waals surface area (Å²) < 4.78 is 0. The van der Waals surface area contributed by atoms with Crippen LogP contribution in [0.1, 0.15) is 32.1 Å². The maximum absolute atomic E-state index is 11.4. The molecule has 0 bridgehead atoms. The van der Waals surface area contributed by atoms with E-state index in [1.54, 1.807) is 21.1 Å². The number of hydrogen-bond donors (Lipinski definition) is 2. The molecule has 0 radical (unpaired) electrons. The first-order valence-corrected chi connectivity index (χ1v) is 6.14. The molecule has 0 spiro atoms. The fourth-order valence-corrected chi connectivity index (χ4v) is 1.31. The zero-order valence-corrected chi connectivity index (χ0v) is 11.4. The summed E-state index contributed by atoms with van der Waals surface area (Å²) in [5, 5.41) is 5.24. The van der Waals surface area contributed by atoms with Crippen LogP contribution in [-0.2, 0) is 14.4 Å². The molecule has 0 fully saturated rings. The van der Waals surface area contributed by atoms with Crippen molar-refractivity contribution in [2.24, 2.45) is 0 Å². The molecule has 0 saturated heterocycles. The van der Waals surface area contributed by atoms with Crippen molar-refractivity contribution in [2.75, 3.05) is 27.7 Å². The third-order valence-corrected chi connectivity index (χ3v) is 2.47. The van der Waals surface area contributed by atoms with Gasteiger partial charge in [0.05, 0.1) is 0 Å². The van der Waals surface area contributed by atoms with Gasteiger partial charge in [0.25, 0.3) is 0 Å². The van der Waals surface area contributed by atoms with Gasteiger partial charge in [-0.3, -0.25) is 14.4 Å². The second-order valence-electron chi connectivity index (χ2n) is 4.27. The monoisotopic (exact) mass is 257 g/mol. The zero-order chi connectivity index (χ0) is 14.0. The lowest BCUT2D eigenvalue weighted by atomic mass is 10.2. The van der Waals surface area contributed by atoms with E-state index in [-0.39, 0.29) is 17.7 Å². The average molecular weight is 257 g/mol. The average Bonchev–Trinajstić information content (AvgIpc) is 2.33. The van der Waals surface area contributed by atoms with Gasteiger partial charge in [-0.15, -0.1) is 0 Å². The van der Waals surface area contributed by atoms with E-state index >= 15 is 0 Å². The van der Waals surface area contributed by atoms with Crippen molar-refractivity contribution in [1.82, 2.24) is 15.5 Å². The largest absolute Gasteiger partial charge is 0.359 e. The molecule has 0 rings (SSSR count). The third-order valence-electron chi connectivity index (χ3n) is 2.47. The minimum atomic E-state index is -0.0709. The van der Waals surface area contributed by atoms with Gasteiger partial charge in [0.15, 0.2) is 0 Å². The molecule has 0 aromatic heterocycles. The number of nitrogens with zero attached hydrogens (tertiary/aromatic N) is 1. The SMILES string of the molecule is CNC(=O)CCCNC(=O)CCCC(=O)N(C)C. The van der Waals surface area contributed by atoms with Crippen LogP contribution < -0.4 is 10.6 Å². The highest BCUT2D eigenvalue weighted by Gasteiger charge is 2.06. The van der Waals surface area contributed by atoms with Gasteiger partial charge >= 0.3 is 0 Å². The smallest absolute Gasteiger partial charge is 0.222 e. The van der Waals surface area contributed by atoms with Crippen LogP contribution in [0.25, 0.3) is 0 Å². The van der Waals surface area contributed by atoms with Crippen LogP contribution in [0.15, 0.2) is 0 Å². The van der Waals surface area contributed by atoms with E-state index in [1.165, 1.54) is 4.90 Å². The number of carbonyl (C=O) groups excluding carboxylic acids is 3. The van der Waals surface area contributed by atoms with Gasteiger partial charge in [0, 0.05) is 47.0 Å². The second kappa shape index (κ2) is 9.44. The Morgan fingerprint density at radius 3 is 2.11 bits per heavy atom. The molecule has 18 heavy (non-hydrogen) atoms. The summed E-state index contributed by atoms with van der Waals surface area (Å²) in [5.74, 6) is -0.0679. The van der Waals surface area contributed by atoms with Gasteiger partial charge in [0.2, 0.25) is 17.7 Å². The molecule has 0 aromatic carbocycles. The van der Waals surface area contributed by atoms with Crippen LogP contribution in [0.2, 0.25) is 0 Å². The lowest BCUT2D eigenvalue weighted by Crippen LogP contribution is -2.27. The van der Waals surface area contributed by atoms with Crippen LogP contribution in [0.3, 0.4) is 0 Å². The Balaban J connectivity index is 3.49. The van der Waals surface area contributed by atoms with Gasteiger partial charge < -0.3 is 15.5 Å². The molecule has 0 atom stereocenters. The molecule has 0 unspecified atom stereocenters. The molecule has 0 saturated carbocycles. The Kier molecular flexibility index (Phi) is 8.61. The molecular weight excluding hydrogens is 234 g/mol. The summed E-state index contributed by atoms with van der Waals surface area (Å²) >= 11 is 0. The van der Waals surface area contributed by atoms with Crippen LogP contribution in [0.5, 0.6) is 0 Å². The molecule has 0 aliphatic carbocycles. The highest BCUT2D eigenvalue weighted by Crippen LogP contribution is 1.98. The minimum absolute atomic E-state index is 0.0270. The van der Waals surface area contributed by atoms with Gasteiger partial charge in [-0.25, -0.2) is 0 Å². The van der Waals surface area contributed by atoms with E-state index in [2.05, 4.69) is 10.6 Å². The van der Waals surface area contributed by atoms with Crippen molar-refractivity contribution in [3.05, 3.63) is 0 Å². The van der Waals surface area contributed by atoms with Gasteiger partial charge in [-0.1, -0.05) is 0 Å². The molecular formula is C12H23N3O3. The van der Waals surface area contributed by atoms with E-state index < -0.39 is 0 Å². The maximum atomic E-state index is 11.4. The van der Waals surface area contributed by atoms with Gasteiger partial charge in [-0.05, 0) is 12.8 Å². The summed E-state index contributed by atoms with van der Waals surface area (Å²) in [4.78, 5) is 35.0. The summed E-state index contributed by atoms with van der Waals surface area (Å²) in [7, 11) is 4.98. The Labute approximate surface area is 108 Å². The van der Waals surface area contributed by atoms with Crippen LogP contribution in [0, 0.1) is 0 Å². The van der Waals surface area contributed by atoms with Crippen LogP contribution in [-0.4, -0.2) is 50.3 Å². The van der Waals surface area contributed by atoms with Crippen molar-refractivity contribution in [2.45, 2.75) is 32.1 Å². The zero-order valence-electron chi connectivity index (χ0n) is 11.4. The standard InChI is InChI=1S/C12H23N3O3/c1-13-10(16)7-5-9-14-11(17)6-4-8-12(18)15(2)3/h4-9H2,1-3H3,(H,13,16)(H,14,17). The fraction of sp³-hybridized carbons (Fsp3) is 0.750. The third kappa shape index (κ3) is 8.55. The Morgan fingerprint density at radius 1 is 0.944 bits per heavy atom. The number of rotatable bonds is 8. The predicted molar refractivity (Wildman–Crippen MR) is 68.9 cm³/mol. The molecule has 6 heteroatoms. The van der Waals surface area contributed by atoms with Crippen molar-refractivity contribution >= 4 is 17.7 Å². The first-order valence-electron chi connectivity index (χ1n) is 6.14. The minimum Gasteiger partial charge on any atom is -0.359 e. The fourth-order valence-electron chi connectivity index (χ4n) is 1.31. The summed E-state index contributed by atoms with van der Waals surface area (Å²) in [5.41, 5.74) is 0. The van der Waals surface area contributed by atoms with E-state index in [9.17, 15) is 14.4 Å². The number of hydrogen-bond acceptors (Lipinski definition) is 3. The number of nitrogens with one attached hydrogen (secondary N) is 2. The second-order valence-corrected chi connectivity index (χ2v) is 4.27. The van der Waals surface area contributed by atoms with Crippen LogP contribution >= 0.6 is 0 Å². The first-order chi connectivity index (χ1) is 8.47. The van der Waals surface area contributed by atoms with Crippen molar-refractivity contribution in [3.8, 4) is 0 Å². The van der Waals surface area contributed by atoms with Gasteiger partial charge in [0.1, 0.15) is 0 Å². The molecule has 0 aromatic rings. The number of carbonyl (C=O) groups is 3. The highest BCUT2D eigenvalue weighted by atomic mass is 16.2. The molecule has 0 aliphatic heterocycles. The maximum Gasteiger partial charge on any atom is 0.222 e. The topological polar surface area (TPSA) is 78.5 Å². The first kappa shape index (κ1) is 16.4. The lowest BCUT2D eigenvalue weighted by molar-refractivity contribution is -0.129. The molecule has 6 nitrogen and oxygen atoms in total. The highest BCUT2D eigenvalue weighted by molar-refractivity contribution is 5.78. The predicted octanol–water partition coefficient (Wildman–Crippen LogP) is -0.113. The van der Waals surface area contributed by atoms with E-state index in [1.807, 2.05) is 0 Å². The normalized spacial score (nSPS) is 9.72. The summed E-state index contributed by atoms with van der Waals surface area (Å²) in [6, 6.07) is 0. The van der Waals surface area contributed by atoms with E-state index in [0.29, 0.717) is 38.6 Å². The van der Waals surface area contributed by atoms with E-state index in [0.717, 1.165) is 0 Å². The number of amides is 3. The van der Waals surface area contributed by atoms with E-state index in [4.69, 9.17) is 0 Å². The van der Waals surface area contributed by atoms with Crippen molar-refractivity contribution in [1.29, 1.82) is 0 Å². The summed E-state index contributed by atoms with van der Waals surface area (Å²) in [6.07, 6.45) is 2.33. The lowest BCUT2D eigenvalue weighted by Gasteiger charge is -2.09. The molecule has 3 amide bonds. The molecule has 104 valence electrons. The molecule has 0 heterocycles. The van der Waals surface area contributed by atoms with Crippen LogP contribution in [0.4, 0.5) is 0 Å². The summed E-state index contributed by atoms with van der Waals surface area (Å²) in [6.45, 7) is 0.494. The Bertz CT molecular complexity index is 290.